The number of ether oxygens (including phenoxy) is 1. The van der Waals surface area contributed by atoms with Crippen LogP contribution < -0.4 is 10.1 Å². The number of hydrogen-bond donors (Lipinski definition) is 1. The molecule has 0 aliphatic carbocycles. The number of alkyl halides is 2. The fourth-order valence-electron chi connectivity index (χ4n) is 3.34. The zero-order chi connectivity index (χ0) is 19.1. The number of thiophene rings is 1. The molecule has 1 aliphatic rings. The molecule has 4 nitrogen and oxygen atoms in total. The molecule has 1 atom stereocenters. The van der Waals surface area contributed by atoms with Crippen LogP contribution in [0.1, 0.15) is 35.7 Å². The first kappa shape index (κ1) is 19.8. The largest absolute Gasteiger partial charge is 0.435 e. The van der Waals surface area contributed by atoms with Crippen LogP contribution in [-0.2, 0) is 11.2 Å². The Hall–Kier alpha value is -1.99. The molecule has 0 bridgehead atoms. The van der Waals surface area contributed by atoms with Crippen molar-refractivity contribution in [2.45, 2.75) is 38.3 Å². The number of nitrogens with one attached hydrogen (secondary N) is 1. The molecule has 1 aromatic carbocycles. The van der Waals surface area contributed by atoms with Crippen LogP contribution in [0.25, 0.3) is 0 Å². The lowest BCUT2D eigenvalue weighted by Gasteiger charge is -2.26. The van der Waals surface area contributed by atoms with E-state index in [0.717, 1.165) is 18.7 Å². The van der Waals surface area contributed by atoms with E-state index in [2.05, 4.69) is 26.4 Å². The van der Waals surface area contributed by atoms with Gasteiger partial charge in [-0.1, -0.05) is 18.2 Å². The Morgan fingerprint density at radius 3 is 2.56 bits per heavy atom. The predicted octanol–water partition coefficient (Wildman–Crippen LogP) is 4.24. The van der Waals surface area contributed by atoms with Crippen molar-refractivity contribution in [3.63, 3.8) is 0 Å². The molecule has 0 spiro atoms. The van der Waals surface area contributed by atoms with Gasteiger partial charge in [-0.25, -0.2) is 0 Å². The summed E-state index contributed by atoms with van der Waals surface area (Å²) in [6, 6.07) is 10.8. The second kappa shape index (κ2) is 9.80. The fourth-order valence-corrected chi connectivity index (χ4v) is 4.20. The number of hydrogen-bond acceptors (Lipinski definition) is 4. The van der Waals surface area contributed by atoms with Crippen molar-refractivity contribution in [1.82, 2.24) is 10.2 Å². The van der Waals surface area contributed by atoms with Gasteiger partial charge in [0.25, 0.3) is 0 Å². The Bertz CT molecular complexity index is 701. The molecule has 1 aliphatic heterocycles. The molecule has 1 unspecified atom stereocenters. The van der Waals surface area contributed by atoms with Crippen LogP contribution in [0.3, 0.4) is 0 Å². The van der Waals surface area contributed by atoms with Gasteiger partial charge in [-0.15, -0.1) is 11.3 Å². The van der Waals surface area contributed by atoms with E-state index in [4.69, 9.17) is 0 Å². The van der Waals surface area contributed by atoms with Gasteiger partial charge in [-0.3, -0.25) is 9.69 Å². The van der Waals surface area contributed by atoms with Crippen LogP contribution in [-0.4, -0.2) is 37.1 Å². The summed E-state index contributed by atoms with van der Waals surface area (Å²) < 4.78 is 28.6. The maximum atomic E-state index is 12.3. The first-order chi connectivity index (χ1) is 13.1. The minimum absolute atomic E-state index is 0.00339. The summed E-state index contributed by atoms with van der Waals surface area (Å²) in [5.74, 6) is 0.131. The average Bonchev–Trinajstić information content (AvgIpc) is 3.35. The minimum atomic E-state index is -2.83. The molecule has 7 heteroatoms. The number of carbonyl (C=O) groups excluding carboxylic acids is 1. The topological polar surface area (TPSA) is 41.6 Å². The van der Waals surface area contributed by atoms with Crippen molar-refractivity contribution in [3.8, 4) is 5.75 Å². The Labute approximate surface area is 162 Å². The quantitative estimate of drug-likeness (QED) is 0.692. The third kappa shape index (κ3) is 6.01. The second-order valence-electron chi connectivity index (χ2n) is 6.60. The minimum Gasteiger partial charge on any atom is -0.435 e. The number of benzene rings is 1. The molecular formula is C20H24F2N2O2S. The van der Waals surface area contributed by atoms with Gasteiger partial charge in [-0.2, -0.15) is 8.78 Å². The summed E-state index contributed by atoms with van der Waals surface area (Å²) in [6.45, 7) is -0.0641. The van der Waals surface area contributed by atoms with Crippen molar-refractivity contribution in [1.29, 1.82) is 0 Å². The van der Waals surface area contributed by atoms with Gasteiger partial charge in [0.1, 0.15) is 5.75 Å². The summed E-state index contributed by atoms with van der Waals surface area (Å²) in [4.78, 5) is 16.0. The van der Waals surface area contributed by atoms with Gasteiger partial charge < -0.3 is 10.1 Å². The smallest absolute Gasteiger partial charge is 0.387 e. The van der Waals surface area contributed by atoms with Crippen molar-refractivity contribution in [2.75, 3.05) is 19.6 Å². The lowest BCUT2D eigenvalue weighted by atomic mass is 10.1. The number of halogens is 2. The number of likely N-dealkylation sites (tertiary alicyclic amines) is 1. The third-order valence-electron chi connectivity index (χ3n) is 4.73. The second-order valence-corrected chi connectivity index (χ2v) is 7.58. The molecule has 3 rings (SSSR count). The normalized spacial score (nSPS) is 15.8. The summed E-state index contributed by atoms with van der Waals surface area (Å²) in [5, 5.41) is 5.13. The van der Waals surface area contributed by atoms with Crippen molar-refractivity contribution in [3.05, 3.63) is 52.2 Å². The van der Waals surface area contributed by atoms with E-state index >= 15 is 0 Å². The summed E-state index contributed by atoms with van der Waals surface area (Å²) >= 11 is 1.73. The highest BCUT2D eigenvalue weighted by Gasteiger charge is 2.24. The fraction of sp³-hybridized carbons (Fsp3) is 0.450. The highest BCUT2D eigenvalue weighted by Crippen LogP contribution is 2.27. The highest BCUT2D eigenvalue weighted by molar-refractivity contribution is 7.10. The molecule has 0 radical (unpaired) electrons. The summed E-state index contributed by atoms with van der Waals surface area (Å²) in [5.41, 5.74) is 0.918. The Morgan fingerprint density at radius 2 is 1.93 bits per heavy atom. The standard InChI is InChI=1S/C20H24F2N2O2S/c21-20(22)26-16-8-5-15(6-9-16)7-10-19(25)23-14-17(18-4-3-13-27-18)24-11-1-2-12-24/h3-6,8-9,13,17,20H,1-2,7,10-12,14H2,(H,23,25). The number of aryl methyl sites for hydroxylation is 1. The molecule has 146 valence electrons. The van der Waals surface area contributed by atoms with Gasteiger partial charge >= 0.3 is 6.61 Å². The third-order valence-corrected chi connectivity index (χ3v) is 5.71. The zero-order valence-corrected chi connectivity index (χ0v) is 15.9. The number of rotatable bonds is 9. The average molecular weight is 394 g/mol. The van der Waals surface area contributed by atoms with Crippen LogP contribution in [0, 0.1) is 0 Å². The Balaban J connectivity index is 1.46. The van der Waals surface area contributed by atoms with Crippen LogP contribution in [0.5, 0.6) is 5.75 Å². The van der Waals surface area contributed by atoms with E-state index in [1.165, 1.54) is 29.9 Å². The highest BCUT2D eigenvalue weighted by atomic mass is 32.1. The van der Waals surface area contributed by atoms with E-state index in [1.807, 2.05) is 6.07 Å². The monoisotopic (exact) mass is 394 g/mol. The van der Waals surface area contributed by atoms with Crippen LogP contribution in [0.4, 0.5) is 8.78 Å². The van der Waals surface area contributed by atoms with Crippen LogP contribution in [0.2, 0.25) is 0 Å². The summed E-state index contributed by atoms with van der Waals surface area (Å²) in [6.07, 6.45) is 3.35. The maximum Gasteiger partial charge on any atom is 0.387 e. The molecule has 1 amide bonds. The van der Waals surface area contributed by atoms with Gasteiger partial charge in [0.2, 0.25) is 5.91 Å². The van der Waals surface area contributed by atoms with Gasteiger partial charge in [0.15, 0.2) is 0 Å². The van der Waals surface area contributed by atoms with Crippen molar-refractivity contribution < 1.29 is 18.3 Å². The lowest BCUT2D eigenvalue weighted by molar-refractivity contribution is -0.121. The van der Waals surface area contributed by atoms with E-state index in [-0.39, 0.29) is 17.7 Å². The maximum absolute atomic E-state index is 12.3. The number of nitrogens with zero attached hydrogens (tertiary/aromatic N) is 1. The SMILES string of the molecule is O=C(CCc1ccc(OC(F)F)cc1)NCC(c1cccs1)N1CCCC1. The molecule has 1 fully saturated rings. The lowest BCUT2D eigenvalue weighted by Crippen LogP contribution is -2.36. The zero-order valence-electron chi connectivity index (χ0n) is 15.1. The van der Waals surface area contributed by atoms with E-state index in [9.17, 15) is 13.6 Å². The van der Waals surface area contributed by atoms with Crippen molar-refractivity contribution in [2.24, 2.45) is 0 Å². The van der Waals surface area contributed by atoms with Gasteiger partial charge in [0, 0.05) is 17.8 Å². The van der Waals surface area contributed by atoms with Crippen molar-refractivity contribution >= 4 is 17.2 Å². The molecule has 1 saturated heterocycles. The molecule has 27 heavy (non-hydrogen) atoms. The van der Waals surface area contributed by atoms with E-state index < -0.39 is 6.61 Å². The number of carbonyl (C=O) groups is 1. The first-order valence-electron chi connectivity index (χ1n) is 9.20. The van der Waals surface area contributed by atoms with Crippen LogP contribution >= 0.6 is 11.3 Å². The van der Waals surface area contributed by atoms with Crippen LogP contribution in [0.15, 0.2) is 41.8 Å². The molecule has 1 N–H and O–H groups in total. The molecule has 0 saturated carbocycles. The first-order valence-corrected chi connectivity index (χ1v) is 10.1. The molecule has 2 heterocycles. The van der Waals surface area contributed by atoms with Gasteiger partial charge in [-0.05, 0) is 61.5 Å². The number of amides is 1. The van der Waals surface area contributed by atoms with Gasteiger partial charge in [0.05, 0.1) is 6.04 Å². The molecule has 1 aromatic heterocycles. The predicted molar refractivity (Wildman–Crippen MR) is 102 cm³/mol. The Kier molecular flexibility index (Phi) is 7.18. The summed E-state index contributed by atoms with van der Waals surface area (Å²) in [7, 11) is 0. The molecule has 2 aromatic rings. The Morgan fingerprint density at radius 1 is 1.19 bits per heavy atom. The van der Waals surface area contributed by atoms with E-state index in [0.29, 0.717) is 19.4 Å². The molecular weight excluding hydrogens is 370 g/mol. The van der Waals surface area contributed by atoms with E-state index in [1.54, 1.807) is 23.5 Å².